The molecule has 0 bridgehead atoms. The van der Waals surface area contributed by atoms with Crippen LogP contribution >= 0.6 is 0 Å². The van der Waals surface area contributed by atoms with E-state index in [1.807, 2.05) is 0 Å². The molecule has 2 unspecified atom stereocenters. The van der Waals surface area contributed by atoms with Gasteiger partial charge in [0, 0.05) is 11.1 Å². The van der Waals surface area contributed by atoms with Crippen molar-refractivity contribution in [1.29, 1.82) is 0 Å². The highest BCUT2D eigenvalue weighted by Crippen LogP contribution is 2.46. The van der Waals surface area contributed by atoms with Crippen molar-refractivity contribution >= 4 is 17.4 Å². The molecule has 0 aromatic heterocycles. The maximum Gasteiger partial charge on any atom is 0.417 e. The zero-order chi connectivity index (χ0) is 20.8. The first-order valence-corrected chi connectivity index (χ1v) is 8.86. The monoisotopic (exact) mass is 402 g/mol. The zero-order valence-corrected chi connectivity index (χ0v) is 15.6. The van der Waals surface area contributed by atoms with Crippen LogP contribution in [0.2, 0.25) is 0 Å². The van der Waals surface area contributed by atoms with Crippen LogP contribution in [0.3, 0.4) is 0 Å². The smallest absolute Gasteiger partial charge is 0.417 e. The summed E-state index contributed by atoms with van der Waals surface area (Å²) in [5.74, 6) is -0.261. The van der Waals surface area contributed by atoms with Gasteiger partial charge in [-0.2, -0.15) is 13.2 Å². The molecule has 2 aromatic rings. The molecule has 150 valence electrons. The Morgan fingerprint density at radius 2 is 1.79 bits per heavy atom. The number of hydrogen-bond acceptors (Lipinski definition) is 4. The fourth-order valence-electron chi connectivity index (χ4n) is 3.84. The molecule has 0 saturated carbocycles. The minimum Gasteiger partial charge on any atom is -0.493 e. The Hall–Kier alpha value is -3.22. The van der Waals surface area contributed by atoms with Crippen molar-refractivity contribution in [3.63, 3.8) is 0 Å². The largest absolute Gasteiger partial charge is 0.493 e. The summed E-state index contributed by atoms with van der Waals surface area (Å²) in [6, 6.07) is 8.39. The second kappa shape index (κ2) is 6.99. The normalized spacial score (nSPS) is 20.3. The summed E-state index contributed by atoms with van der Waals surface area (Å²) in [4.78, 5) is 13.3. The van der Waals surface area contributed by atoms with Crippen LogP contribution < -0.4 is 9.47 Å². The van der Waals surface area contributed by atoms with Crippen LogP contribution in [-0.2, 0) is 15.7 Å². The first-order chi connectivity index (χ1) is 13.9. The number of ether oxygens (including phenoxy) is 3. The molecule has 7 heteroatoms. The highest BCUT2D eigenvalue weighted by molar-refractivity contribution is 6.24. The minimum absolute atomic E-state index is 0.102. The van der Waals surface area contributed by atoms with E-state index in [9.17, 15) is 18.0 Å². The molecule has 2 aromatic carbocycles. The number of rotatable bonds is 3. The Bertz CT molecular complexity index is 1040. The van der Waals surface area contributed by atoms with Gasteiger partial charge in [-0.05, 0) is 23.8 Å². The number of alkyl halides is 3. The van der Waals surface area contributed by atoms with E-state index in [2.05, 4.69) is 0 Å². The molecule has 0 fully saturated rings. The minimum atomic E-state index is -4.59. The lowest BCUT2D eigenvalue weighted by molar-refractivity contribution is -0.137. The molecular formula is C22H17F3O4. The topological polar surface area (TPSA) is 44.8 Å². The summed E-state index contributed by atoms with van der Waals surface area (Å²) in [6.07, 6.45) is -0.585. The van der Waals surface area contributed by atoms with Gasteiger partial charge in [-0.25, -0.2) is 0 Å². The molecule has 4 rings (SSSR count). The molecule has 0 amide bonds. The number of fused-ring (bicyclic) bond motifs is 3. The Morgan fingerprint density at radius 1 is 1.03 bits per heavy atom. The number of benzene rings is 2. The van der Waals surface area contributed by atoms with E-state index >= 15 is 0 Å². The summed E-state index contributed by atoms with van der Waals surface area (Å²) in [5.41, 5.74) is 0.0985. The van der Waals surface area contributed by atoms with E-state index in [4.69, 9.17) is 14.2 Å². The third-order valence-electron chi connectivity index (χ3n) is 5.15. The van der Waals surface area contributed by atoms with Crippen molar-refractivity contribution in [3.8, 4) is 11.5 Å². The Kier molecular flexibility index (Phi) is 4.61. The fraction of sp³-hybridized carbons (Fsp3) is 0.227. The van der Waals surface area contributed by atoms with Gasteiger partial charge < -0.3 is 14.2 Å². The molecule has 0 saturated heterocycles. The van der Waals surface area contributed by atoms with Crippen molar-refractivity contribution in [2.75, 3.05) is 14.2 Å². The van der Waals surface area contributed by atoms with Crippen molar-refractivity contribution in [3.05, 3.63) is 71.0 Å². The van der Waals surface area contributed by atoms with Gasteiger partial charge in [0.05, 0.1) is 37.5 Å². The second-order valence-corrected chi connectivity index (χ2v) is 6.68. The number of hydrogen-bond donors (Lipinski definition) is 0. The molecule has 0 radical (unpaired) electrons. The predicted octanol–water partition coefficient (Wildman–Crippen LogP) is 4.84. The van der Waals surface area contributed by atoms with E-state index in [0.717, 1.165) is 12.3 Å². The number of methoxy groups -OCH3 is 2. The molecule has 0 N–H and O–H groups in total. The SMILES string of the molecule is COc1ccc2c(c1OC)C=CC1OC=C(c3ccccc3C(F)(F)F)C(=O)C21. The second-order valence-electron chi connectivity index (χ2n) is 6.68. The third-order valence-corrected chi connectivity index (χ3v) is 5.15. The summed E-state index contributed by atoms with van der Waals surface area (Å²) < 4.78 is 56.8. The molecule has 1 heterocycles. The van der Waals surface area contributed by atoms with Crippen molar-refractivity contribution < 1.29 is 32.2 Å². The molecule has 1 aliphatic heterocycles. The molecule has 29 heavy (non-hydrogen) atoms. The molecule has 2 atom stereocenters. The van der Waals surface area contributed by atoms with E-state index in [0.29, 0.717) is 22.6 Å². The molecule has 2 aliphatic rings. The average Bonchev–Trinajstić information content (AvgIpc) is 2.72. The average molecular weight is 402 g/mol. The third kappa shape index (κ3) is 3.06. The molecule has 0 spiro atoms. The standard InChI is InChI=1S/C22H17F3O4/c1-27-18-10-7-13-14(21(18)28-2)8-9-17-19(13)20(26)15(11-29-17)12-5-3-4-6-16(12)22(23,24)25/h3-11,17,19H,1-2H3. The van der Waals surface area contributed by atoms with E-state index < -0.39 is 29.5 Å². The van der Waals surface area contributed by atoms with Crippen molar-refractivity contribution in [2.24, 2.45) is 0 Å². The Balaban J connectivity index is 1.82. The van der Waals surface area contributed by atoms with Crippen molar-refractivity contribution in [2.45, 2.75) is 18.2 Å². The molecule has 4 nitrogen and oxygen atoms in total. The first-order valence-electron chi connectivity index (χ1n) is 8.86. The Morgan fingerprint density at radius 3 is 2.48 bits per heavy atom. The van der Waals surface area contributed by atoms with Gasteiger partial charge in [0.2, 0.25) is 0 Å². The number of ketones is 1. The van der Waals surface area contributed by atoms with Gasteiger partial charge in [0.1, 0.15) is 6.10 Å². The zero-order valence-electron chi connectivity index (χ0n) is 15.6. The van der Waals surface area contributed by atoms with Gasteiger partial charge in [-0.1, -0.05) is 30.3 Å². The summed E-state index contributed by atoms with van der Waals surface area (Å²) >= 11 is 0. The quantitative estimate of drug-likeness (QED) is 0.737. The van der Waals surface area contributed by atoms with E-state index in [1.54, 1.807) is 24.3 Å². The maximum absolute atomic E-state index is 13.5. The van der Waals surface area contributed by atoms with Gasteiger partial charge in [-0.3, -0.25) is 4.79 Å². The van der Waals surface area contributed by atoms with Crippen LogP contribution in [-0.4, -0.2) is 26.1 Å². The molecular weight excluding hydrogens is 385 g/mol. The van der Waals surface area contributed by atoms with Crippen LogP contribution in [0.15, 0.2) is 48.7 Å². The van der Waals surface area contributed by atoms with Gasteiger partial charge >= 0.3 is 6.18 Å². The number of allylic oxidation sites excluding steroid dienone is 1. The van der Waals surface area contributed by atoms with Crippen LogP contribution in [0.4, 0.5) is 13.2 Å². The van der Waals surface area contributed by atoms with Gasteiger partial charge in [-0.15, -0.1) is 0 Å². The number of carbonyl (C=O) groups is 1. The van der Waals surface area contributed by atoms with Crippen LogP contribution in [0, 0.1) is 0 Å². The number of carbonyl (C=O) groups excluding carboxylic acids is 1. The Labute approximate surface area is 165 Å². The highest BCUT2D eigenvalue weighted by atomic mass is 19.4. The van der Waals surface area contributed by atoms with E-state index in [1.165, 1.54) is 32.4 Å². The fourth-order valence-corrected chi connectivity index (χ4v) is 3.84. The van der Waals surface area contributed by atoms with Gasteiger partial charge in [0.25, 0.3) is 0 Å². The van der Waals surface area contributed by atoms with E-state index in [-0.39, 0.29) is 11.1 Å². The van der Waals surface area contributed by atoms with Crippen LogP contribution in [0.1, 0.15) is 28.2 Å². The molecule has 1 aliphatic carbocycles. The number of halogens is 3. The lowest BCUT2D eigenvalue weighted by atomic mass is 9.77. The van der Waals surface area contributed by atoms with Crippen LogP contribution in [0.5, 0.6) is 11.5 Å². The summed E-state index contributed by atoms with van der Waals surface area (Å²) in [6.45, 7) is 0. The predicted molar refractivity (Wildman–Crippen MR) is 101 cm³/mol. The van der Waals surface area contributed by atoms with Crippen molar-refractivity contribution in [1.82, 2.24) is 0 Å². The summed E-state index contributed by atoms with van der Waals surface area (Å²) in [7, 11) is 2.99. The lowest BCUT2D eigenvalue weighted by Crippen LogP contribution is -2.33. The highest BCUT2D eigenvalue weighted by Gasteiger charge is 2.42. The van der Waals surface area contributed by atoms with Gasteiger partial charge in [0.15, 0.2) is 17.3 Å². The lowest BCUT2D eigenvalue weighted by Gasteiger charge is -2.33. The summed E-state index contributed by atoms with van der Waals surface area (Å²) in [5, 5.41) is 0. The van der Waals surface area contributed by atoms with Crippen LogP contribution in [0.25, 0.3) is 11.6 Å². The number of Topliss-reactive ketones (excluding diaryl/α,β-unsaturated/α-hetero) is 1. The first kappa shape index (κ1) is 19.1. The maximum atomic E-state index is 13.5.